The lowest BCUT2D eigenvalue weighted by Crippen LogP contribution is -2.32. The first-order valence-corrected chi connectivity index (χ1v) is 19.8. The lowest BCUT2D eigenvalue weighted by Gasteiger charge is -2.19. The highest BCUT2D eigenvalue weighted by molar-refractivity contribution is 6.02. The number of phenols is 2. The molecule has 1 heterocycles. The second kappa shape index (κ2) is 19.4. The smallest absolute Gasteiger partial charge is 0.299 e. The number of nitrogens with zero attached hydrogens (tertiary/aromatic N) is 8. The number of aryl methyl sites for hydroxylation is 2. The van der Waals surface area contributed by atoms with Gasteiger partial charge in [-0.15, -0.1) is 10.2 Å². The molecule has 314 valence electrons. The van der Waals surface area contributed by atoms with Crippen molar-refractivity contribution in [3.8, 4) is 11.5 Å². The summed E-state index contributed by atoms with van der Waals surface area (Å²) in [5.41, 5.74) is 15.7. The molecule has 6 aromatic rings. The maximum atomic E-state index is 13.3. The minimum absolute atomic E-state index is 0.123. The second-order valence-corrected chi connectivity index (χ2v) is 14.8. The molecule has 1 aromatic heterocycles. The van der Waals surface area contributed by atoms with Crippen molar-refractivity contribution in [1.29, 1.82) is 0 Å². The van der Waals surface area contributed by atoms with Gasteiger partial charge in [-0.05, 0) is 91.3 Å². The monoisotopic (exact) mass is 822 g/mol. The van der Waals surface area contributed by atoms with Crippen LogP contribution in [-0.2, 0) is 13.6 Å². The molecule has 5 aromatic carbocycles. The van der Waals surface area contributed by atoms with Crippen molar-refractivity contribution in [2.24, 2.45) is 22.3 Å². The summed E-state index contributed by atoms with van der Waals surface area (Å²) in [6.45, 7) is 6.34. The summed E-state index contributed by atoms with van der Waals surface area (Å²) in [5.74, 6) is 1.32. The van der Waals surface area contributed by atoms with Gasteiger partial charge in [0.2, 0.25) is 0 Å². The van der Waals surface area contributed by atoms with E-state index in [9.17, 15) is 19.8 Å². The molecule has 15 heteroatoms. The van der Waals surface area contributed by atoms with Gasteiger partial charge in [0.15, 0.2) is 0 Å². The predicted octanol–water partition coefficient (Wildman–Crippen LogP) is 6.82. The van der Waals surface area contributed by atoms with Gasteiger partial charge in [0.25, 0.3) is 17.6 Å². The van der Waals surface area contributed by atoms with Crippen molar-refractivity contribution in [3.05, 3.63) is 139 Å². The number of phenolic OH excluding ortho intramolecular Hbond substituents is 2. The fourth-order valence-corrected chi connectivity index (χ4v) is 6.71. The summed E-state index contributed by atoms with van der Waals surface area (Å²) in [5, 5.41) is 34.6. The Hall–Kier alpha value is -7.68. The number of aliphatic imine (C=N–C) groups is 1. The number of imidazole rings is 1. The van der Waals surface area contributed by atoms with E-state index in [0.717, 1.165) is 27.7 Å². The second-order valence-electron chi connectivity index (χ2n) is 14.8. The number of aromatic nitrogens is 2. The van der Waals surface area contributed by atoms with E-state index in [1.807, 2.05) is 36.1 Å². The van der Waals surface area contributed by atoms with E-state index in [1.54, 1.807) is 127 Å². The van der Waals surface area contributed by atoms with E-state index >= 15 is 0 Å². The molecular weight excluding hydrogens is 771 g/mol. The van der Waals surface area contributed by atoms with Crippen LogP contribution >= 0.6 is 0 Å². The van der Waals surface area contributed by atoms with Crippen LogP contribution in [-0.4, -0.2) is 88.3 Å². The normalized spacial score (nSPS) is 11.6. The van der Waals surface area contributed by atoms with Gasteiger partial charge in [-0.1, -0.05) is 6.58 Å². The van der Waals surface area contributed by atoms with Gasteiger partial charge in [0, 0.05) is 104 Å². The Kier molecular flexibility index (Phi) is 13.6. The summed E-state index contributed by atoms with van der Waals surface area (Å²) >= 11 is 0. The van der Waals surface area contributed by atoms with Crippen LogP contribution in [0.5, 0.6) is 11.5 Å². The molecule has 0 saturated carbocycles. The van der Waals surface area contributed by atoms with E-state index < -0.39 is 0 Å². The quantitative estimate of drug-likeness (QED) is 0.0217. The summed E-state index contributed by atoms with van der Waals surface area (Å²) < 4.78 is 4.07. The van der Waals surface area contributed by atoms with Crippen molar-refractivity contribution in [2.45, 2.75) is 19.4 Å². The number of carbonyl (C=O) groups is 2. The minimum Gasteiger partial charge on any atom is -0.508 e. The number of nitrogens with one attached hydrogen (secondary N) is 1. The average Bonchev–Trinajstić information content (AvgIpc) is 3.61. The van der Waals surface area contributed by atoms with Crippen LogP contribution in [0.25, 0.3) is 21.5 Å². The molecule has 0 radical (unpaired) electrons. The first-order valence-electron chi connectivity index (χ1n) is 19.8. The standard InChI is InChI=1S/C46H51N11O4/c1-31(51-52-43-19-17-41(48)39-29-35(59)13-15-37(39)43)53(2)25-21-49-20-6-22-55(4)45(60)32-8-10-33(11-9-32)46(61)56(5)23-7-24-57-27-26-54(3)44(57)30-50-42-18-16-40(47)38-28-34(58)12-14-36(38)42/h8-19,21,25-30,49H,1,6-7,20,22-24H2,2-5H3,(H5,47,48,50,51,52,58,59,60,61)/p+1. The van der Waals surface area contributed by atoms with Crippen LogP contribution in [0.4, 0.5) is 22.7 Å². The van der Waals surface area contributed by atoms with E-state index in [1.165, 1.54) is 0 Å². The van der Waals surface area contributed by atoms with Crippen LogP contribution in [0.1, 0.15) is 39.4 Å². The molecular formula is C46H52N11O4+. The number of nitrogens with two attached hydrogens (primary N) is 2. The van der Waals surface area contributed by atoms with Gasteiger partial charge >= 0.3 is 0 Å². The van der Waals surface area contributed by atoms with Gasteiger partial charge in [-0.2, -0.15) is 0 Å². The third-order valence-electron chi connectivity index (χ3n) is 10.3. The van der Waals surface area contributed by atoms with Crippen LogP contribution in [0.3, 0.4) is 0 Å². The molecule has 2 amide bonds. The maximum absolute atomic E-state index is 13.3. The minimum atomic E-state index is -0.127. The summed E-state index contributed by atoms with van der Waals surface area (Å²) in [6, 6.07) is 23.9. The number of fused-ring (bicyclic) bond motifs is 2. The topological polar surface area (TPSA) is 194 Å². The van der Waals surface area contributed by atoms with Gasteiger partial charge < -0.3 is 41.7 Å². The van der Waals surface area contributed by atoms with Crippen molar-refractivity contribution in [3.63, 3.8) is 0 Å². The summed E-state index contributed by atoms with van der Waals surface area (Å²) in [4.78, 5) is 36.2. The van der Waals surface area contributed by atoms with Gasteiger partial charge in [0.1, 0.15) is 35.9 Å². The molecule has 61 heavy (non-hydrogen) atoms. The Morgan fingerprint density at radius 2 is 1.34 bits per heavy atom. The zero-order valence-electron chi connectivity index (χ0n) is 34.9. The number of anilines is 2. The van der Waals surface area contributed by atoms with E-state index in [4.69, 9.17) is 16.5 Å². The van der Waals surface area contributed by atoms with Crippen LogP contribution in [0.15, 0.2) is 137 Å². The third kappa shape index (κ3) is 10.5. The maximum Gasteiger partial charge on any atom is 0.299 e. The number of benzene rings is 5. The molecule has 0 unspecified atom stereocenters. The molecule has 0 atom stereocenters. The Labute approximate surface area is 354 Å². The average molecular weight is 823 g/mol. The molecule has 6 rings (SSSR count). The number of nitrogen functional groups attached to an aromatic ring is 2. The van der Waals surface area contributed by atoms with Crippen LogP contribution < -0.4 is 21.4 Å². The highest BCUT2D eigenvalue weighted by atomic mass is 16.3. The number of aromatic hydroxyl groups is 2. The Balaban J connectivity index is 0.918. The van der Waals surface area contributed by atoms with Crippen molar-refractivity contribution >= 4 is 62.3 Å². The van der Waals surface area contributed by atoms with E-state index in [-0.39, 0.29) is 23.3 Å². The number of azo groups is 1. The fourth-order valence-electron chi connectivity index (χ4n) is 6.71. The molecule has 0 spiro atoms. The largest absolute Gasteiger partial charge is 0.508 e. The molecule has 15 nitrogen and oxygen atoms in total. The van der Waals surface area contributed by atoms with Crippen molar-refractivity contribution in [1.82, 2.24) is 24.6 Å². The summed E-state index contributed by atoms with van der Waals surface area (Å²) in [6.07, 6.45) is 10.7. The highest BCUT2D eigenvalue weighted by Crippen LogP contribution is 2.34. The molecule has 0 aliphatic carbocycles. The first-order chi connectivity index (χ1) is 29.3. The van der Waals surface area contributed by atoms with Gasteiger partial charge in [-0.25, -0.2) is 14.1 Å². The molecule has 0 bridgehead atoms. The first kappa shape index (κ1) is 42.9. The summed E-state index contributed by atoms with van der Waals surface area (Å²) in [7, 11) is 7.29. The number of rotatable bonds is 17. The number of carbonyl (C=O) groups excluding carboxylic acids is 2. The lowest BCUT2D eigenvalue weighted by atomic mass is 10.1. The number of hydrogen-bond donors (Lipinski definition) is 5. The van der Waals surface area contributed by atoms with Crippen molar-refractivity contribution < 1.29 is 24.4 Å². The Bertz CT molecular complexity index is 2650. The Morgan fingerprint density at radius 3 is 1.95 bits per heavy atom. The highest BCUT2D eigenvalue weighted by Gasteiger charge is 2.17. The lowest BCUT2D eigenvalue weighted by molar-refractivity contribution is -0.671. The fraction of sp³-hybridized carbons (Fsp3) is 0.217. The van der Waals surface area contributed by atoms with E-state index in [0.29, 0.717) is 78.4 Å². The van der Waals surface area contributed by atoms with Gasteiger partial charge in [0.05, 0.1) is 25.0 Å². The zero-order valence-corrected chi connectivity index (χ0v) is 34.9. The number of amides is 2. The van der Waals surface area contributed by atoms with Crippen molar-refractivity contribution in [2.75, 3.05) is 52.2 Å². The SMILES string of the molecule is C=C(N=Nc1ccc(N)c2cc(O)ccc12)N(C)C=CNCCCN(C)C(=O)c1ccc(C(=O)N(C)CCCn2cc[n+](C)c2C=Nc2ccc(N)c3cc(O)ccc23)cc1. The predicted molar refractivity (Wildman–Crippen MR) is 241 cm³/mol. The molecule has 7 N–H and O–H groups in total. The third-order valence-corrected chi connectivity index (χ3v) is 10.3. The zero-order chi connectivity index (χ0) is 43.6. The molecule has 0 aliphatic rings. The number of hydrogen-bond acceptors (Lipinski definition) is 11. The Morgan fingerprint density at radius 1 is 0.787 bits per heavy atom. The van der Waals surface area contributed by atoms with Crippen LogP contribution in [0, 0.1) is 0 Å². The molecule has 0 saturated heterocycles. The molecule has 0 aliphatic heterocycles. The molecule has 0 fully saturated rings. The van der Waals surface area contributed by atoms with Crippen LogP contribution in [0.2, 0.25) is 0 Å². The van der Waals surface area contributed by atoms with Gasteiger partial charge in [-0.3, -0.25) is 9.59 Å². The van der Waals surface area contributed by atoms with E-state index in [2.05, 4.69) is 26.7 Å².